The minimum atomic E-state index is -0.746. The van der Waals surface area contributed by atoms with Gasteiger partial charge >= 0.3 is 5.97 Å². The number of aryl methyl sites for hydroxylation is 1. The zero-order chi connectivity index (χ0) is 22.5. The molecule has 0 aliphatic carbocycles. The first kappa shape index (κ1) is 22.9. The largest absolute Gasteiger partial charge is 0.467 e. The molecule has 9 nitrogen and oxygen atoms in total. The van der Waals surface area contributed by atoms with Gasteiger partial charge in [0.05, 0.1) is 30.1 Å². The molecular formula is C20H23BrFN5O4. The first-order valence-corrected chi connectivity index (χ1v) is 10.3. The fraction of sp³-hybridized carbons (Fsp3) is 0.400. The standard InChI is InChI=1S/C20H23BrFN5O4/c1-10-17-15(26-20(23)24-10)9-14(12-5-4-11(22)8-13(12)21)25-18(17)27-31-7-6-16(29-2)19(28)30-3/h4-5,8,14,16H,6-7,9H2,1-3H3,(H,25,27)(H2,23,24,26)/t14-,16+/m1/s1. The highest BCUT2D eigenvalue weighted by atomic mass is 79.9. The summed E-state index contributed by atoms with van der Waals surface area (Å²) in [6.45, 7) is 1.92. The Labute approximate surface area is 187 Å². The molecule has 0 unspecified atom stereocenters. The lowest BCUT2D eigenvalue weighted by atomic mass is 9.94. The number of hydrogen-bond donors (Lipinski definition) is 2. The van der Waals surface area contributed by atoms with E-state index in [1.807, 2.05) is 0 Å². The fourth-order valence-electron chi connectivity index (χ4n) is 3.37. The second-order valence-corrected chi connectivity index (χ2v) is 7.72. The normalized spacial score (nSPS) is 17.6. The van der Waals surface area contributed by atoms with E-state index in [2.05, 4.69) is 41.1 Å². The summed E-state index contributed by atoms with van der Waals surface area (Å²) in [6.07, 6.45) is 0.0154. The highest BCUT2D eigenvalue weighted by Gasteiger charge is 2.29. The summed E-state index contributed by atoms with van der Waals surface area (Å²) in [6, 6.07) is 4.23. The third-order valence-corrected chi connectivity index (χ3v) is 5.53. The molecule has 1 aliphatic heterocycles. The van der Waals surface area contributed by atoms with Gasteiger partial charge in [-0.2, -0.15) is 0 Å². The molecule has 0 bridgehead atoms. The molecule has 3 N–H and O–H groups in total. The summed E-state index contributed by atoms with van der Waals surface area (Å²) in [5.74, 6) is -0.242. The molecule has 2 atom stereocenters. The predicted octanol–water partition coefficient (Wildman–Crippen LogP) is 2.41. The minimum absolute atomic E-state index is 0.119. The topological polar surface area (TPSA) is 121 Å². The van der Waals surface area contributed by atoms with E-state index in [-0.39, 0.29) is 30.8 Å². The van der Waals surface area contributed by atoms with Gasteiger partial charge in [-0.05, 0) is 24.6 Å². The summed E-state index contributed by atoms with van der Waals surface area (Å²) < 4.78 is 23.9. The van der Waals surface area contributed by atoms with E-state index >= 15 is 0 Å². The maximum absolute atomic E-state index is 13.5. The number of carbonyl (C=O) groups excluding carboxylic acids is 1. The van der Waals surface area contributed by atoms with Crippen LogP contribution >= 0.6 is 15.9 Å². The van der Waals surface area contributed by atoms with Crippen molar-refractivity contribution in [2.24, 2.45) is 5.16 Å². The number of amidine groups is 1. The first-order chi connectivity index (χ1) is 14.8. The average Bonchev–Trinajstić information content (AvgIpc) is 2.72. The number of ether oxygens (including phenoxy) is 2. The Morgan fingerprint density at radius 2 is 2.19 bits per heavy atom. The Balaban J connectivity index is 1.85. The zero-order valence-electron chi connectivity index (χ0n) is 17.3. The fourth-order valence-corrected chi connectivity index (χ4v) is 4.00. The number of hydrogen-bond acceptors (Lipinski definition) is 8. The number of methoxy groups -OCH3 is 2. The van der Waals surface area contributed by atoms with Crippen molar-refractivity contribution in [3.8, 4) is 0 Å². The maximum Gasteiger partial charge on any atom is 0.335 e. The van der Waals surface area contributed by atoms with Gasteiger partial charge in [-0.25, -0.2) is 19.2 Å². The third kappa shape index (κ3) is 5.28. The number of esters is 1. The number of oxime groups is 1. The molecule has 166 valence electrons. The van der Waals surface area contributed by atoms with Gasteiger partial charge in [0.1, 0.15) is 12.4 Å². The van der Waals surface area contributed by atoms with Gasteiger partial charge in [-0.15, -0.1) is 0 Å². The number of fused-ring (bicyclic) bond motifs is 1. The van der Waals surface area contributed by atoms with E-state index in [4.69, 9.17) is 15.3 Å². The van der Waals surface area contributed by atoms with Gasteiger partial charge in [0.25, 0.3) is 0 Å². The molecule has 0 spiro atoms. The van der Waals surface area contributed by atoms with E-state index in [1.165, 1.54) is 26.4 Å². The minimum Gasteiger partial charge on any atom is -0.467 e. The average molecular weight is 496 g/mol. The van der Waals surface area contributed by atoms with Crippen molar-refractivity contribution in [1.82, 2.24) is 15.3 Å². The molecular weight excluding hydrogens is 473 g/mol. The van der Waals surface area contributed by atoms with E-state index in [1.54, 1.807) is 13.0 Å². The summed E-state index contributed by atoms with van der Waals surface area (Å²) in [5, 5.41) is 7.53. The Hall–Kier alpha value is -2.79. The number of nitrogens with one attached hydrogen (secondary N) is 1. The Morgan fingerprint density at radius 1 is 1.42 bits per heavy atom. The van der Waals surface area contributed by atoms with Gasteiger partial charge in [0.15, 0.2) is 11.9 Å². The first-order valence-electron chi connectivity index (χ1n) is 9.49. The van der Waals surface area contributed by atoms with Crippen LogP contribution in [0.15, 0.2) is 27.8 Å². The van der Waals surface area contributed by atoms with Crippen molar-refractivity contribution < 1.29 is 23.5 Å². The molecule has 1 aliphatic rings. The molecule has 31 heavy (non-hydrogen) atoms. The lowest BCUT2D eigenvalue weighted by Crippen LogP contribution is -2.38. The third-order valence-electron chi connectivity index (χ3n) is 4.84. The van der Waals surface area contributed by atoms with Crippen LogP contribution in [0.2, 0.25) is 0 Å². The van der Waals surface area contributed by atoms with Crippen LogP contribution in [0.1, 0.15) is 35.0 Å². The van der Waals surface area contributed by atoms with Crippen LogP contribution in [0.25, 0.3) is 0 Å². The number of benzene rings is 1. The van der Waals surface area contributed by atoms with Crippen molar-refractivity contribution in [2.75, 3.05) is 26.6 Å². The molecule has 1 aromatic heterocycles. The molecule has 0 amide bonds. The molecule has 0 saturated heterocycles. The van der Waals surface area contributed by atoms with Crippen LogP contribution < -0.4 is 11.1 Å². The number of anilines is 1. The zero-order valence-corrected chi connectivity index (χ0v) is 18.9. The van der Waals surface area contributed by atoms with Gasteiger partial charge < -0.3 is 25.4 Å². The van der Waals surface area contributed by atoms with Crippen LogP contribution in [-0.2, 0) is 25.5 Å². The summed E-state index contributed by atoms with van der Waals surface area (Å²) in [4.78, 5) is 25.7. The molecule has 0 radical (unpaired) electrons. The van der Waals surface area contributed by atoms with E-state index < -0.39 is 12.1 Å². The Morgan fingerprint density at radius 3 is 2.87 bits per heavy atom. The maximum atomic E-state index is 13.5. The molecule has 2 aromatic rings. The second kappa shape index (κ2) is 10.0. The highest BCUT2D eigenvalue weighted by Crippen LogP contribution is 2.31. The van der Waals surface area contributed by atoms with Crippen molar-refractivity contribution in [3.05, 3.63) is 51.0 Å². The van der Waals surface area contributed by atoms with E-state index in [0.29, 0.717) is 33.7 Å². The molecule has 11 heteroatoms. The number of carbonyl (C=O) groups is 1. The monoisotopic (exact) mass is 495 g/mol. The number of aromatic nitrogens is 2. The van der Waals surface area contributed by atoms with Crippen molar-refractivity contribution in [1.29, 1.82) is 0 Å². The molecule has 3 rings (SSSR count). The number of rotatable bonds is 7. The SMILES string of the molecule is COC(=O)[C@H](CCO/N=C1\N[C@@H](c2ccc(F)cc2Br)Cc2nc(N)nc(C)c21)OC. The van der Waals surface area contributed by atoms with Crippen molar-refractivity contribution in [2.45, 2.75) is 31.9 Å². The number of halogens is 2. The van der Waals surface area contributed by atoms with Crippen LogP contribution in [0.3, 0.4) is 0 Å². The van der Waals surface area contributed by atoms with E-state index in [0.717, 1.165) is 5.56 Å². The van der Waals surface area contributed by atoms with Gasteiger partial charge in [0, 0.05) is 24.4 Å². The molecule has 1 aromatic carbocycles. The number of nitrogens with two attached hydrogens (primary N) is 1. The predicted molar refractivity (Wildman–Crippen MR) is 115 cm³/mol. The Kier molecular flexibility index (Phi) is 7.39. The highest BCUT2D eigenvalue weighted by molar-refractivity contribution is 9.10. The van der Waals surface area contributed by atoms with Crippen LogP contribution in [0.4, 0.5) is 10.3 Å². The molecule has 2 heterocycles. The lowest BCUT2D eigenvalue weighted by molar-refractivity contribution is -0.153. The van der Waals surface area contributed by atoms with Gasteiger partial charge in [-0.1, -0.05) is 27.2 Å². The van der Waals surface area contributed by atoms with E-state index in [9.17, 15) is 9.18 Å². The van der Waals surface area contributed by atoms with Crippen LogP contribution in [-0.4, -0.2) is 48.7 Å². The smallest absolute Gasteiger partial charge is 0.335 e. The lowest BCUT2D eigenvalue weighted by Gasteiger charge is -2.29. The summed E-state index contributed by atoms with van der Waals surface area (Å²) in [5.41, 5.74) is 8.73. The summed E-state index contributed by atoms with van der Waals surface area (Å²) in [7, 11) is 2.71. The van der Waals surface area contributed by atoms with Crippen LogP contribution in [0, 0.1) is 12.7 Å². The van der Waals surface area contributed by atoms with Crippen molar-refractivity contribution >= 4 is 33.7 Å². The Bertz CT molecular complexity index is 1000. The van der Waals surface area contributed by atoms with Crippen LogP contribution in [0.5, 0.6) is 0 Å². The number of nitrogens with zero attached hydrogens (tertiary/aromatic N) is 3. The van der Waals surface area contributed by atoms with Crippen molar-refractivity contribution in [3.63, 3.8) is 0 Å². The van der Waals surface area contributed by atoms with Gasteiger partial charge in [-0.3, -0.25) is 0 Å². The number of nitrogen functional groups attached to an aromatic ring is 1. The second-order valence-electron chi connectivity index (χ2n) is 6.87. The summed E-state index contributed by atoms with van der Waals surface area (Å²) >= 11 is 3.41. The quantitative estimate of drug-likeness (QED) is 0.341. The molecule has 0 saturated carbocycles. The molecule has 0 fully saturated rings. The van der Waals surface area contributed by atoms with Gasteiger partial charge in [0.2, 0.25) is 5.95 Å².